The van der Waals surface area contributed by atoms with E-state index in [1.807, 2.05) is 0 Å². The summed E-state index contributed by atoms with van der Waals surface area (Å²) in [5.41, 5.74) is 1.83. The fraction of sp³-hybridized carbons (Fsp3) is 0.188. The maximum Gasteiger partial charge on any atom is 0.160 e. The van der Waals surface area contributed by atoms with Crippen molar-refractivity contribution in [3.8, 4) is 0 Å². The molecule has 0 unspecified atom stereocenters. The standard InChI is InChI=1S/C16H14F2OS/c1-19-16(20)10-15(11-2-6-13(17)7-3-11)12-4-8-14(18)9-5-12/h2-9,15H,10H2,1H3. The van der Waals surface area contributed by atoms with Crippen molar-refractivity contribution < 1.29 is 13.5 Å². The molecule has 20 heavy (non-hydrogen) atoms. The molecule has 0 atom stereocenters. The monoisotopic (exact) mass is 292 g/mol. The number of benzene rings is 2. The van der Waals surface area contributed by atoms with E-state index in [1.54, 1.807) is 24.3 Å². The van der Waals surface area contributed by atoms with Gasteiger partial charge in [-0.25, -0.2) is 8.78 Å². The van der Waals surface area contributed by atoms with Gasteiger partial charge in [-0.15, -0.1) is 0 Å². The van der Waals surface area contributed by atoms with Gasteiger partial charge in [0.2, 0.25) is 0 Å². The Morgan fingerprint density at radius 2 is 1.35 bits per heavy atom. The van der Waals surface area contributed by atoms with Crippen LogP contribution < -0.4 is 0 Å². The highest BCUT2D eigenvalue weighted by Crippen LogP contribution is 2.29. The van der Waals surface area contributed by atoms with Crippen LogP contribution in [0, 0.1) is 11.6 Å². The van der Waals surface area contributed by atoms with Gasteiger partial charge in [0.15, 0.2) is 5.05 Å². The molecule has 0 fully saturated rings. The average Bonchev–Trinajstić information content (AvgIpc) is 2.46. The van der Waals surface area contributed by atoms with E-state index in [1.165, 1.54) is 31.4 Å². The van der Waals surface area contributed by atoms with Crippen molar-refractivity contribution in [1.29, 1.82) is 0 Å². The average molecular weight is 292 g/mol. The molecule has 2 rings (SSSR count). The number of thiocarbonyl (C=S) groups is 1. The molecule has 104 valence electrons. The summed E-state index contributed by atoms with van der Waals surface area (Å²) in [5.74, 6) is -0.662. The van der Waals surface area contributed by atoms with Gasteiger partial charge in [-0.1, -0.05) is 24.3 Å². The van der Waals surface area contributed by atoms with Crippen molar-refractivity contribution in [1.82, 2.24) is 0 Å². The summed E-state index contributed by atoms with van der Waals surface area (Å²) in [4.78, 5) is 0. The highest BCUT2D eigenvalue weighted by atomic mass is 32.1. The molecule has 2 aromatic rings. The molecule has 0 N–H and O–H groups in total. The van der Waals surface area contributed by atoms with Crippen molar-refractivity contribution in [3.05, 3.63) is 71.3 Å². The molecule has 1 nitrogen and oxygen atoms in total. The lowest BCUT2D eigenvalue weighted by Gasteiger charge is -2.18. The minimum absolute atomic E-state index is 0.0800. The Bertz CT molecular complexity index is 533. The van der Waals surface area contributed by atoms with Gasteiger partial charge in [0.05, 0.1) is 7.11 Å². The summed E-state index contributed by atoms with van der Waals surface area (Å²) in [6.45, 7) is 0. The molecule has 0 bridgehead atoms. The minimum Gasteiger partial charge on any atom is -0.490 e. The number of hydrogen-bond donors (Lipinski definition) is 0. The first kappa shape index (κ1) is 14.6. The van der Waals surface area contributed by atoms with Gasteiger partial charge >= 0.3 is 0 Å². The maximum absolute atomic E-state index is 13.0. The third-order valence-corrected chi connectivity index (χ3v) is 3.48. The van der Waals surface area contributed by atoms with Crippen LogP contribution in [0.15, 0.2) is 48.5 Å². The second kappa shape index (κ2) is 6.57. The van der Waals surface area contributed by atoms with E-state index in [2.05, 4.69) is 0 Å². The van der Waals surface area contributed by atoms with Crippen LogP contribution in [0.4, 0.5) is 8.78 Å². The van der Waals surface area contributed by atoms with Gasteiger partial charge in [0.25, 0.3) is 0 Å². The Morgan fingerprint density at radius 3 is 1.70 bits per heavy atom. The van der Waals surface area contributed by atoms with Crippen molar-refractivity contribution >= 4 is 17.3 Å². The van der Waals surface area contributed by atoms with E-state index in [0.29, 0.717) is 11.5 Å². The molecule has 0 spiro atoms. The number of ether oxygens (including phenoxy) is 1. The molecule has 0 amide bonds. The molecule has 0 aliphatic carbocycles. The molecular weight excluding hydrogens is 278 g/mol. The van der Waals surface area contributed by atoms with Gasteiger partial charge in [-0.2, -0.15) is 0 Å². The molecular formula is C16H14F2OS. The summed E-state index contributed by atoms with van der Waals surface area (Å²) >= 11 is 5.11. The fourth-order valence-corrected chi connectivity index (χ4v) is 2.23. The Kier molecular flexibility index (Phi) is 4.79. The Balaban J connectivity index is 2.35. The van der Waals surface area contributed by atoms with Crippen molar-refractivity contribution in [3.63, 3.8) is 0 Å². The number of rotatable bonds is 4. The van der Waals surface area contributed by atoms with E-state index in [0.717, 1.165) is 11.1 Å². The smallest absolute Gasteiger partial charge is 0.160 e. The van der Waals surface area contributed by atoms with Gasteiger partial charge in [0.1, 0.15) is 11.6 Å². The molecule has 4 heteroatoms. The summed E-state index contributed by atoms with van der Waals surface area (Å²) in [6.07, 6.45) is 0.489. The number of halogens is 2. The van der Waals surface area contributed by atoms with Crippen LogP contribution >= 0.6 is 12.2 Å². The molecule has 0 aliphatic heterocycles. The van der Waals surface area contributed by atoms with Gasteiger partial charge in [-0.3, -0.25) is 0 Å². The number of hydrogen-bond acceptors (Lipinski definition) is 2. The minimum atomic E-state index is -0.291. The summed E-state index contributed by atoms with van der Waals surface area (Å²) in [5, 5.41) is 0.462. The predicted molar refractivity (Wildman–Crippen MR) is 78.9 cm³/mol. The summed E-state index contributed by atoms with van der Waals surface area (Å²) in [6, 6.07) is 12.5. The SMILES string of the molecule is COC(=S)CC(c1ccc(F)cc1)c1ccc(F)cc1. The zero-order valence-corrected chi connectivity index (χ0v) is 11.8. The van der Waals surface area contributed by atoms with Crippen LogP contribution in [0.5, 0.6) is 0 Å². The van der Waals surface area contributed by atoms with Crippen LogP contribution in [0.2, 0.25) is 0 Å². The van der Waals surface area contributed by atoms with Crippen LogP contribution in [0.25, 0.3) is 0 Å². The normalized spacial score (nSPS) is 10.6. The Hall–Kier alpha value is -1.81. The van der Waals surface area contributed by atoms with E-state index in [4.69, 9.17) is 17.0 Å². The fourth-order valence-electron chi connectivity index (χ4n) is 2.07. The maximum atomic E-state index is 13.0. The second-order valence-corrected chi connectivity index (χ2v) is 4.89. The Labute approximate surface area is 122 Å². The molecule has 0 heterocycles. The third kappa shape index (κ3) is 3.61. The predicted octanol–water partition coefficient (Wildman–Crippen LogP) is 4.46. The topological polar surface area (TPSA) is 9.23 Å². The summed E-state index contributed by atoms with van der Waals surface area (Å²) < 4.78 is 31.1. The third-order valence-electron chi connectivity index (χ3n) is 3.14. The van der Waals surface area contributed by atoms with Gasteiger partial charge in [0, 0.05) is 12.3 Å². The molecule has 0 aliphatic rings. The first-order chi connectivity index (χ1) is 9.60. The van der Waals surface area contributed by atoms with Gasteiger partial charge < -0.3 is 4.74 Å². The second-order valence-electron chi connectivity index (χ2n) is 4.44. The first-order valence-corrected chi connectivity index (χ1v) is 6.58. The van der Waals surface area contributed by atoms with Gasteiger partial charge in [-0.05, 0) is 47.6 Å². The molecule has 2 aromatic carbocycles. The largest absolute Gasteiger partial charge is 0.490 e. The molecule has 0 saturated heterocycles. The first-order valence-electron chi connectivity index (χ1n) is 6.18. The van der Waals surface area contributed by atoms with Crippen LogP contribution in [-0.4, -0.2) is 12.2 Å². The van der Waals surface area contributed by atoms with E-state index < -0.39 is 0 Å². The lowest BCUT2D eigenvalue weighted by atomic mass is 9.89. The summed E-state index contributed by atoms with van der Waals surface area (Å²) in [7, 11) is 1.52. The highest BCUT2D eigenvalue weighted by Gasteiger charge is 2.17. The zero-order valence-electron chi connectivity index (χ0n) is 11.0. The number of methoxy groups -OCH3 is 1. The lowest BCUT2D eigenvalue weighted by Crippen LogP contribution is -2.08. The van der Waals surface area contributed by atoms with E-state index >= 15 is 0 Å². The van der Waals surface area contributed by atoms with Crippen molar-refractivity contribution in [2.45, 2.75) is 12.3 Å². The highest BCUT2D eigenvalue weighted by molar-refractivity contribution is 7.80. The quantitative estimate of drug-likeness (QED) is 0.769. The molecule has 0 aromatic heterocycles. The molecule has 0 saturated carbocycles. The zero-order chi connectivity index (χ0) is 14.5. The van der Waals surface area contributed by atoms with Crippen molar-refractivity contribution in [2.24, 2.45) is 0 Å². The van der Waals surface area contributed by atoms with Crippen LogP contribution in [-0.2, 0) is 4.74 Å². The van der Waals surface area contributed by atoms with E-state index in [-0.39, 0.29) is 17.6 Å². The van der Waals surface area contributed by atoms with Crippen LogP contribution in [0.3, 0.4) is 0 Å². The lowest BCUT2D eigenvalue weighted by molar-refractivity contribution is 0.399. The van der Waals surface area contributed by atoms with E-state index in [9.17, 15) is 8.78 Å². The Morgan fingerprint density at radius 1 is 0.950 bits per heavy atom. The van der Waals surface area contributed by atoms with Crippen molar-refractivity contribution in [2.75, 3.05) is 7.11 Å². The molecule has 0 radical (unpaired) electrons. The van der Waals surface area contributed by atoms with Crippen LogP contribution in [0.1, 0.15) is 23.5 Å².